The van der Waals surface area contributed by atoms with Crippen LogP contribution in [0.15, 0.2) is 0 Å². The minimum atomic E-state index is 0.767. The Morgan fingerprint density at radius 2 is 2.19 bits per heavy atom. The van der Waals surface area contributed by atoms with Gasteiger partial charge in [-0.05, 0) is 45.5 Å². The van der Waals surface area contributed by atoms with Gasteiger partial charge in [0, 0.05) is 30.4 Å². The lowest BCUT2D eigenvalue weighted by Crippen LogP contribution is -2.55. The lowest BCUT2D eigenvalue weighted by Gasteiger charge is -2.42. The summed E-state index contributed by atoms with van der Waals surface area (Å²) in [6.45, 7) is 10.0. The van der Waals surface area contributed by atoms with E-state index in [9.17, 15) is 0 Å². The van der Waals surface area contributed by atoms with Crippen LogP contribution in [-0.2, 0) is 0 Å². The van der Waals surface area contributed by atoms with E-state index in [-0.39, 0.29) is 0 Å². The second-order valence-corrected chi connectivity index (χ2v) is 6.75. The van der Waals surface area contributed by atoms with Crippen LogP contribution >= 0.6 is 11.8 Å². The molecular formula is C13H26N2S. The normalized spacial score (nSPS) is 33.9. The summed E-state index contributed by atoms with van der Waals surface area (Å²) >= 11 is 2.00. The van der Waals surface area contributed by atoms with Gasteiger partial charge in [-0.3, -0.25) is 9.80 Å². The number of piperazine rings is 1. The third kappa shape index (κ3) is 2.93. The molecule has 0 spiro atoms. The number of nitrogens with zero attached hydrogens (tertiary/aromatic N) is 2. The molecule has 0 aromatic rings. The Morgan fingerprint density at radius 3 is 2.94 bits per heavy atom. The summed E-state index contributed by atoms with van der Waals surface area (Å²) in [5.74, 6) is 0. The minimum Gasteiger partial charge on any atom is -0.298 e. The molecule has 2 aliphatic heterocycles. The van der Waals surface area contributed by atoms with E-state index in [0.717, 1.165) is 17.3 Å². The SMILES string of the molecule is CSC(C)CCN1CC2CCCN2CC1C. The minimum absolute atomic E-state index is 0.767. The number of thioether (sulfide) groups is 1. The van der Waals surface area contributed by atoms with E-state index in [2.05, 4.69) is 29.9 Å². The van der Waals surface area contributed by atoms with Crippen LogP contribution in [0.5, 0.6) is 0 Å². The van der Waals surface area contributed by atoms with Crippen molar-refractivity contribution in [2.75, 3.05) is 32.4 Å². The van der Waals surface area contributed by atoms with Crippen molar-refractivity contribution in [2.45, 2.75) is 50.4 Å². The molecule has 2 aliphatic rings. The van der Waals surface area contributed by atoms with Crippen LogP contribution in [0.25, 0.3) is 0 Å². The van der Waals surface area contributed by atoms with Crippen molar-refractivity contribution in [1.82, 2.24) is 9.80 Å². The molecule has 2 nitrogen and oxygen atoms in total. The summed E-state index contributed by atoms with van der Waals surface area (Å²) in [5, 5.41) is 0.814. The van der Waals surface area contributed by atoms with Crippen molar-refractivity contribution < 1.29 is 0 Å². The van der Waals surface area contributed by atoms with Crippen LogP contribution < -0.4 is 0 Å². The largest absolute Gasteiger partial charge is 0.298 e. The molecule has 2 saturated heterocycles. The van der Waals surface area contributed by atoms with Gasteiger partial charge in [0.1, 0.15) is 0 Å². The smallest absolute Gasteiger partial charge is 0.0224 e. The number of rotatable bonds is 4. The maximum Gasteiger partial charge on any atom is 0.0224 e. The molecule has 0 N–H and O–H groups in total. The molecule has 2 heterocycles. The monoisotopic (exact) mass is 242 g/mol. The van der Waals surface area contributed by atoms with Gasteiger partial charge in [-0.1, -0.05) is 6.92 Å². The molecule has 2 fully saturated rings. The maximum absolute atomic E-state index is 2.72. The first kappa shape index (κ1) is 12.7. The van der Waals surface area contributed by atoms with Crippen LogP contribution in [-0.4, -0.2) is 59.6 Å². The summed E-state index contributed by atoms with van der Waals surface area (Å²) in [6, 6.07) is 1.64. The van der Waals surface area contributed by atoms with Crippen LogP contribution in [0.3, 0.4) is 0 Å². The Bertz CT molecular complexity index is 222. The fourth-order valence-electron chi connectivity index (χ4n) is 3.02. The molecule has 0 aliphatic carbocycles. The number of fused-ring (bicyclic) bond motifs is 1. The van der Waals surface area contributed by atoms with Crippen molar-refractivity contribution in [3.05, 3.63) is 0 Å². The first-order valence-electron chi connectivity index (χ1n) is 6.71. The second-order valence-electron chi connectivity index (χ2n) is 5.47. The fraction of sp³-hybridized carbons (Fsp3) is 1.00. The van der Waals surface area contributed by atoms with Crippen LogP contribution in [0.2, 0.25) is 0 Å². The quantitative estimate of drug-likeness (QED) is 0.747. The zero-order chi connectivity index (χ0) is 11.5. The van der Waals surface area contributed by atoms with Gasteiger partial charge in [0.05, 0.1) is 0 Å². The van der Waals surface area contributed by atoms with Gasteiger partial charge < -0.3 is 0 Å². The van der Waals surface area contributed by atoms with E-state index in [1.807, 2.05) is 11.8 Å². The van der Waals surface area contributed by atoms with Gasteiger partial charge >= 0.3 is 0 Å². The lowest BCUT2D eigenvalue weighted by atomic mass is 10.1. The van der Waals surface area contributed by atoms with Gasteiger partial charge in [-0.15, -0.1) is 0 Å². The maximum atomic E-state index is 2.72. The van der Waals surface area contributed by atoms with Gasteiger partial charge in [-0.25, -0.2) is 0 Å². The molecule has 0 saturated carbocycles. The molecule has 0 aromatic heterocycles. The summed E-state index contributed by atoms with van der Waals surface area (Å²) < 4.78 is 0. The highest BCUT2D eigenvalue weighted by molar-refractivity contribution is 7.99. The molecule has 3 unspecified atom stereocenters. The van der Waals surface area contributed by atoms with Crippen molar-refractivity contribution >= 4 is 11.8 Å². The van der Waals surface area contributed by atoms with E-state index in [0.29, 0.717) is 0 Å². The highest BCUT2D eigenvalue weighted by Gasteiger charge is 2.33. The predicted molar refractivity (Wildman–Crippen MR) is 73.2 cm³/mol. The first-order chi connectivity index (χ1) is 7.70. The van der Waals surface area contributed by atoms with Gasteiger partial charge in [0.15, 0.2) is 0 Å². The topological polar surface area (TPSA) is 6.48 Å². The predicted octanol–water partition coefficient (Wildman–Crippen LogP) is 2.30. The molecule has 2 rings (SSSR count). The molecule has 3 heteroatoms. The number of hydrogen-bond donors (Lipinski definition) is 0. The van der Waals surface area contributed by atoms with Crippen molar-refractivity contribution in [2.24, 2.45) is 0 Å². The van der Waals surface area contributed by atoms with Crippen LogP contribution in [0, 0.1) is 0 Å². The third-order valence-electron chi connectivity index (χ3n) is 4.29. The average molecular weight is 242 g/mol. The lowest BCUT2D eigenvalue weighted by molar-refractivity contribution is 0.0590. The molecule has 0 amide bonds. The zero-order valence-corrected chi connectivity index (χ0v) is 11.8. The first-order valence-corrected chi connectivity index (χ1v) is 8.00. The molecule has 0 bridgehead atoms. The van der Waals surface area contributed by atoms with E-state index in [4.69, 9.17) is 0 Å². The second kappa shape index (κ2) is 5.74. The van der Waals surface area contributed by atoms with Crippen LogP contribution in [0.4, 0.5) is 0 Å². The molecular weight excluding hydrogens is 216 g/mol. The van der Waals surface area contributed by atoms with Gasteiger partial charge in [0.2, 0.25) is 0 Å². The highest BCUT2D eigenvalue weighted by Crippen LogP contribution is 2.25. The van der Waals surface area contributed by atoms with E-state index in [1.54, 1.807) is 0 Å². The molecule has 16 heavy (non-hydrogen) atoms. The average Bonchev–Trinajstić information content (AvgIpc) is 2.72. The summed E-state index contributed by atoms with van der Waals surface area (Å²) in [5.41, 5.74) is 0. The highest BCUT2D eigenvalue weighted by atomic mass is 32.2. The van der Waals surface area contributed by atoms with Gasteiger partial charge in [0.25, 0.3) is 0 Å². The van der Waals surface area contributed by atoms with Crippen molar-refractivity contribution in [1.29, 1.82) is 0 Å². The Labute approximate surface area is 105 Å². The Morgan fingerprint density at radius 1 is 1.38 bits per heavy atom. The molecule has 0 aromatic carbocycles. The van der Waals surface area contributed by atoms with Crippen LogP contribution in [0.1, 0.15) is 33.1 Å². The van der Waals surface area contributed by atoms with E-state index < -0.39 is 0 Å². The standard InChI is InChI=1S/C13H26N2S/c1-11-9-15-7-4-5-13(15)10-14(11)8-6-12(2)16-3/h11-13H,4-10H2,1-3H3. The Hall–Kier alpha value is 0.270. The fourth-order valence-corrected chi connectivity index (χ4v) is 3.37. The van der Waals surface area contributed by atoms with Crippen molar-refractivity contribution in [3.63, 3.8) is 0 Å². The molecule has 0 radical (unpaired) electrons. The molecule has 94 valence electrons. The van der Waals surface area contributed by atoms with E-state index >= 15 is 0 Å². The van der Waals surface area contributed by atoms with Crippen molar-refractivity contribution in [3.8, 4) is 0 Å². The molecule has 3 atom stereocenters. The summed E-state index contributed by atoms with van der Waals surface area (Å²) in [6.07, 6.45) is 6.43. The summed E-state index contributed by atoms with van der Waals surface area (Å²) in [7, 11) is 0. The zero-order valence-electron chi connectivity index (χ0n) is 11.0. The third-order valence-corrected chi connectivity index (χ3v) is 5.33. The Kier molecular flexibility index (Phi) is 4.57. The van der Waals surface area contributed by atoms with E-state index in [1.165, 1.54) is 45.4 Å². The van der Waals surface area contributed by atoms with Gasteiger partial charge in [-0.2, -0.15) is 11.8 Å². The Balaban J connectivity index is 1.80. The summed E-state index contributed by atoms with van der Waals surface area (Å²) in [4.78, 5) is 5.43. The number of hydrogen-bond acceptors (Lipinski definition) is 3.